The van der Waals surface area contributed by atoms with Gasteiger partial charge in [-0.1, -0.05) is 6.92 Å². The lowest BCUT2D eigenvalue weighted by atomic mass is 9.96. The fourth-order valence-corrected chi connectivity index (χ4v) is 2.85. The van der Waals surface area contributed by atoms with Crippen LogP contribution in [0.4, 0.5) is 0 Å². The molecule has 1 saturated heterocycles. The first-order valence-corrected chi connectivity index (χ1v) is 7.53. The summed E-state index contributed by atoms with van der Waals surface area (Å²) in [5.41, 5.74) is -0.361. The summed E-state index contributed by atoms with van der Waals surface area (Å²) < 4.78 is 5.73. The lowest BCUT2D eigenvalue weighted by Gasteiger charge is -2.35. The molecule has 0 aromatic heterocycles. The third kappa shape index (κ3) is 5.90. The molecule has 0 aromatic carbocycles. The molecule has 0 amide bonds. The number of hydrogen-bond donors (Lipinski definition) is 1. The Bertz CT molecular complexity index is 292. The monoisotopic (exact) mass is 267 g/mol. The Morgan fingerprint density at radius 3 is 2.47 bits per heavy atom. The van der Waals surface area contributed by atoms with E-state index in [-0.39, 0.29) is 5.54 Å². The number of ether oxygens (including phenoxy) is 1. The van der Waals surface area contributed by atoms with Gasteiger partial charge in [0.1, 0.15) is 5.54 Å². The fourth-order valence-electron chi connectivity index (χ4n) is 2.85. The zero-order valence-corrected chi connectivity index (χ0v) is 12.9. The van der Waals surface area contributed by atoms with Gasteiger partial charge in [-0.15, -0.1) is 0 Å². The number of rotatable bonds is 7. The van der Waals surface area contributed by atoms with Gasteiger partial charge in [0, 0.05) is 13.1 Å². The zero-order valence-electron chi connectivity index (χ0n) is 12.9. The Hall–Kier alpha value is -0.630. The maximum absolute atomic E-state index is 9.19. The number of nitrogens with one attached hydrogen (secondary N) is 1. The Labute approximate surface area is 118 Å². The summed E-state index contributed by atoms with van der Waals surface area (Å²) in [7, 11) is 0. The number of unbranched alkanes of at least 4 members (excludes halogenated alkanes) is 1. The molecule has 4 nitrogen and oxygen atoms in total. The van der Waals surface area contributed by atoms with Crippen molar-refractivity contribution in [2.24, 2.45) is 0 Å². The van der Waals surface area contributed by atoms with E-state index in [2.05, 4.69) is 30.1 Å². The molecule has 1 fully saturated rings. The molecule has 1 unspecified atom stereocenters. The van der Waals surface area contributed by atoms with Crippen LogP contribution in [0.1, 0.15) is 47.0 Å². The van der Waals surface area contributed by atoms with E-state index in [1.165, 1.54) is 0 Å². The van der Waals surface area contributed by atoms with Crippen molar-refractivity contribution in [3.05, 3.63) is 0 Å². The van der Waals surface area contributed by atoms with Gasteiger partial charge in [-0.2, -0.15) is 5.26 Å². The van der Waals surface area contributed by atoms with E-state index < -0.39 is 0 Å². The highest BCUT2D eigenvalue weighted by Gasteiger charge is 2.23. The Morgan fingerprint density at radius 2 is 1.95 bits per heavy atom. The first-order chi connectivity index (χ1) is 8.99. The van der Waals surface area contributed by atoms with Crippen LogP contribution in [0.2, 0.25) is 0 Å². The molecule has 1 N–H and O–H groups in total. The molecule has 19 heavy (non-hydrogen) atoms. The summed E-state index contributed by atoms with van der Waals surface area (Å²) in [5.74, 6) is 0. The van der Waals surface area contributed by atoms with Crippen LogP contribution in [-0.2, 0) is 4.74 Å². The third-order valence-corrected chi connectivity index (χ3v) is 3.71. The van der Waals surface area contributed by atoms with Crippen LogP contribution in [0.15, 0.2) is 0 Å². The van der Waals surface area contributed by atoms with Gasteiger partial charge >= 0.3 is 0 Å². The second-order valence-electron chi connectivity index (χ2n) is 5.95. The van der Waals surface area contributed by atoms with Crippen molar-refractivity contribution in [2.45, 2.75) is 64.7 Å². The van der Waals surface area contributed by atoms with E-state index in [1.807, 2.05) is 13.8 Å². The second kappa shape index (κ2) is 7.84. The number of morpholine rings is 1. The van der Waals surface area contributed by atoms with Crippen molar-refractivity contribution in [1.29, 1.82) is 5.26 Å². The van der Waals surface area contributed by atoms with Crippen LogP contribution >= 0.6 is 0 Å². The molecule has 0 bridgehead atoms. The SMILES string of the molecule is CCNC(C)(C#N)CCCCN1C[C@@H](C)O[C@@H](C)C1. The van der Waals surface area contributed by atoms with Gasteiger partial charge in [0.15, 0.2) is 0 Å². The van der Waals surface area contributed by atoms with Crippen molar-refractivity contribution >= 4 is 0 Å². The Morgan fingerprint density at radius 1 is 1.32 bits per heavy atom. The van der Waals surface area contributed by atoms with Gasteiger partial charge in [-0.05, 0) is 53.1 Å². The van der Waals surface area contributed by atoms with Crippen LogP contribution in [0, 0.1) is 11.3 Å². The lowest BCUT2D eigenvalue weighted by Crippen LogP contribution is -2.45. The molecular formula is C15H29N3O. The maximum atomic E-state index is 9.19. The summed E-state index contributed by atoms with van der Waals surface area (Å²) in [6.07, 6.45) is 3.86. The standard InChI is InChI=1S/C15H29N3O/c1-5-17-15(4,12-16)8-6-7-9-18-10-13(2)19-14(3)11-18/h13-14,17H,5-11H2,1-4H3/t13-,14+,15?. The summed E-state index contributed by atoms with van der Waals surface area (Å²) in [4.78, 5) is 2.48. The lowest BCUT2D eigenvalue weighted by molar-refractivity contribution is -0.0682. The first kappa shape index (κ1) is 16.4. The molecule has 3 atom stereocenters. The van der Waals surface area contributed by atoms with Gasteiger partial charge < -0.3 is 4.74 Å². The summed E-state index contributed by atoms with van der Waals surface area (Å²) in [6, 6.07) is 2.39. The quantitative estimate of drug-likeness (QED) is 0.718. The number of nitriles is 1. The minimum atomic E-state index is -0.361. The minimum Gasteiger partial charge on any atom is -0.373 e. The summed E-state index contributed by atoms with van der Waals surface area (Å²) in [6.45, 7) is 12.4. The largest absolute Gasteiger partial charge is 0.373 e. The molecule has 1 aliphatic heterocycles. The smallest absolute Gasteiger partial charge is 0.103 e. The van der Waals surface area contributed by atoms with E-state index >= 15 is 0 Å². The average Bonchev–Trinajstić information content (AvgIpc) is 2.34. The van der Waals surface area contributed by atoms with Crippen LogP contribution < -0.4 is 5.32 Å². The van der Waals surface area contributed by atoms with Gasteiger partial charge in [-0.3, -0.25) is 10.2 Å². The number of hydrogen-bond acceptors (Lipinski definition) is 4. The van der Waals surface area contributed by atoms with Crippen molar-refractivity contribution < 1.29 is 4.74 Å². The van der Waals surface area contributed by atoms with Crippen molar-refractivity contribution in [2.75, 3.05) is 26.2 Å². The second-order valence-corrected chi connectivity index (χ2v) is 5.95. The third-order valence-electron chi connectivity index (χ3n) is 3.71. The molecule has 0 aliphatic carbocycles. The molecule has 0 aromatic rings. The van der Waals surface area contributed by atoms with Crippen molar-refractivity contribution in [1.82, 2.24) is 10.2 Å². The van der Waals surface area contributed by atoms with E-state index in [0.717, 1.165) is 45.4 Å². The van der Waals surface area contributed by atoms with Crippen LogP contribution in [-0.4, -0.2) is 48.8 Å². The van der Waals surface area contributed by atoms with Gasteiger partial charge in [0.2, 0.25) is 0 Å². The van der Waals surface area contributed by atoms with Crippen LogP contribution in [0.5, 0.6) is 0 Å². The predicted octanol–water partition coefficient (Wildman–Crippen LogP) is 2.16. The van der Waals surface area contributed by atoms with Gasteiger partial charge in [0.05, 0.1) is 18.3 Å². The van der Waals surface area contributed by atoms with E-state index in [0.29, 0.717) is 12.2 Å². The molecule has 1 aliphatic rings. The maximum Gasteiger partial charge on any atom is 0.103 e. The van der Waals surface area contributed by atoms with Gasteiger partial charge in [-0.25, -0.2) is 0 Å². The topological polar surface area (TPSA) is 48.3 Å². The molecule has 4 heteroatoms. The zero-order chi connectivity index (χ0) is 14.3. The number of nitrogens with zero attached hydrogens (tertiary/aromatic N) is 2. The average molecular weight is 267 g/mol. The van der Waals surface area contributed by atoms with E-state index in [9.17, 15) is 5.26 Å². The molecule has 110 valence electrons. The van der Waals surface area contributed by atoms with E-state index in [4.69, 9.17) is 4.74 Å². The van der Waals surface area contributed by atoms with Crippen LogP contribution in [0.25, 0.3) is 0 Å². The van der Waals surface area contributed by atoms with Crippen molar-refractivity contribution in [3.8, 4) is 6.07 Å². The highest BCUT2D eigenvalue weighted by atomic mass is 16.5. The van der Waals surface area contributed by atoms with Crippen molar-refractivity contribution in [3.63, 3.8) is 0 Å². The summed E-state index contributed by atoms with van der Waals surface area (Å²) >= 11 is 0. The van der Waals surface area contributed by atoms with E-state index in [1.54, 1.807) is 0 Å². The highest BCUT2D eigenvalue weighted by molar-refractivity contribution is 5.03. The molecule has 1 heterocycles. The predicted molar refractivity (Wildman–Crippen MR) is 78.0 cm³/mol. The molecule has 0 radical (unpaired) electrons. The molecule has 0 saturated carbocycles. The molecule has 0 spiro atoms. The fraction of sp³-hybridized carbons (Fsp3) is 0.933. The Kier molecular flexibility index (Phi) is 6.78. The summed E-state index contributed by atoms with van der Waals surface area (Å²) in [5, 5.41) is 12.5. The normalized spacial score (nSPS) is 27.7. The molecular weight excluding hydrogens is 238 g/mol. The Balaban J connectivity index is 2.21. The first-order valence-electron chi connectivity index (χ1n) is 7.53. The van der Waals surface area contributed by atoms with Crippen LogP contribution in [0.3, 0.4) is 0 Å². The molecule has 1 rings (SSSR count). The minimum absolute atomic E-state index is 0.342. The van der Waals surface area contributed by atoms with Gasteiger partial charge in [0.25, 0.3) is 0 Å². The highest BCUT2D eigenvalue weighted by Crippen LogP contribution is 2.15.